The lowest BCUT2D eigenvalue weighted by atomic mass is 10.0. The molecule has 1 unspecified atom stereocenters. The summed E-state index contributed by atoms with van der Waals surface area (Å²) in [7, 11) is 0. The Morgan fingerprint density at radius 1 is 1.35 bits per heavy atom. The molecule has 1 aliphatic rings. The number of urea groups is 1. The Labute approximate surface area is 115 Å². The van der Waals surface area contributed by atoms with Crippen LogP contribution in [0.3, 0.4) is 0 Å². The van der Waals surface area contributed by atoms with Crippen LogP contribution in [-0.4, -0.2) is 46.3 Å². The second-order valence-corrected chi connectivity index (χ2v) is 5.64. The zero-order chi connectivity index (χ0) is 15.7. The number of aliphatic carboxylic acids is 1. The van der Waals surface area contributed by atoms with Gasteiger partial charge in [-0.15, -0.1) is 0 Å². The molecule has 2 amide bonds. The molecular formula is C12H19F3N2O3. The second kappa shape index (κ2) is 5.49. The van der Waals surface area contributed by atoms with Crippen LogP contribution >= 0.6 is 0 Å². The van der Waals surface area contributed by atoms with Gasteiger partial charge in [0.1, 0.15) is 0 Å². The number of alkyl halides is 3. The number of carbonyl (C=O) groups is 2. The lowest BCUT2D eigenvalue weighted by Gasteiger charge is -2.32. The molecule has 0 aromatic rings. The van der Waals surface area contributed by atoms with Crippen molar-refractivity contribution < 1.29 is 27.9 Å². The number of hydrogen-bond acceptors (Lipinski definition) is 2. The number of hydrogen-bond donors (Lipinski definition) is 2. The standard InChI is InChI=1S/C12H19F3N2O3/c1-7(2)6-17(8-4-5-8)10(20)16-11(3,9(18)19)12(13,14)15/h7-8H,4-6H2,1-3H3,(H,16,20)(H,18,19). The summed E-state index contributed by atoms with van der Waals surface area (Å²) in [5, 5.41) is 10.4. The van der Waals surface area contributed by atoms with Crippen LogP contribution in [0.2, 0.25) is 0 Å². The molecule has 20 heavy (non-hydrogen) atoms. The Morgan fingerprint density at radius 3 is 2.15 bits per heavy atom. The summed E-state index contributed by atoms with van der Waals surface area (Å²) in [6.07, 6.45) is -3.60. The minimum atomic E-state index is -5.07. The van der Waals surface area contributed by atoms with Crippen molar-refractivity contribution in [3.8, 4) is 0 Å². The molecule has 1 fully saturated rings. The largest absolute Gasteiger partial charge is 0.479 e. The molecule has 0 spiro atoms. The molecule has 1 saturated carbocycles. The molecule has 0 aromatic heterocycles. The van der Waals surface area contributed by atoms with Gasteiger partial charge in [-0.2, -0.15) is 13.2 Å². The minimum absolute atomic E-state index is 0.0864. The van der Waals surface area contributed by atoms with E-state index in [1.807, 2.05) is 13.8 Å². The fourth-order valence-electron chi connectivity index (χ4n) is 1.71. The SMILES string of the molecule is CC(C)CN(C(=O)NC(C)(C(=O)O)C(F)(F)F)C1CC1. The van der Waals surface area contributed by atoms with E-state index in [1.165, 1.54) is 4.90 Å². The van der Waals surface area contributed by atoms with Gasteiger partial charge in [0.05, 0.1) is 0 Å². The molecule has 1 atom stereocenters. The molecule has 0 heterocycles. The van der Waals surface area contributed by atoms with Crippen LogP contribution in [0.1, 0.15) is 33.6 Å². The van der Waals surface area contributed by atoms with Gasteiger partial charge in [0, 0.05) is 12.6 Å². The Kier molecular flexibility index (Phi) is 4.55. The van der Waals surface area contributed by atoms with Crippen LogP contribution < -0.4 is 5.32 Å². The van der Waals surface area contributed by atoms with Gasteiger partial charge in [-0.25, -0.2) is 9.59 Å². The number of carboxylic acid groups (broad SMARTS) is 1. The lowest BCUT2D eigenvalue weighted by molar-refractivity contribution is -0.203. The van der Waals surface area contributed by atoms with E-state index in [9.17, 15) is 22.8 Å². The highest BCUT2D eigenvalue weighted by atomic mass is 19.4. The number of carbonyl (C=O) groups excluding carboxylic acids is 1. The first kappa shape index (κ1) is 16.6. The number of nitrogens with zero attached hydrogens (tertiary/aromatic N) is 1. The van der Waals surface area contributed by atoms with E-state index in [4.69, 9.17) is 5.11 Å². The number of amides is 2. The predicted molar refractivity (Wildman–Crippen MR) is 65.2 cm³/mol. The summed E-state index contributed by atoms with van der Waals surface area (Å²) in [4.78, 5) is 24.1. The third-order valence-corrected chi connectivity index (χ3v) is 3.16. The molecule has 0 bridgehead atoms. The average molecular weight is 296 g/mol. The van der Waals surface area contributed by atoms with E-state index >= 15 is 0 Å². The van der Waals surface area contributed by atoms with E-state index in [-0.39, 0.29) is 12.0 Å². The first-order valence-corrected chi connectivity index (χ1v) is 6.38. The van der Waals surface area contributed by atoms with Crippen LogP contribution in [0.15, 0.2) is 0 Å². The van der Waals surface area contributed by atoms with Crippen LogP contribution in [0, 0.1) is 5.92 Å². The van der Waals surface area contributed by atoms with Gasteiger partial charge in [0.15, 0.2) is 0 Å². The lowest BCUT2D eigenvalue weighted by Crippen LogP contribution is -2.64. The van der Waals surface area contributed by atoms with Gasteiger partial charge < -0.3 is 15.3 Å². The highest BCUT2D eigenvalue weighted by Gasteiger charge is 2.59. The van der Waals surface area contributed by atoms with Crippen molar-refractivity contribution in [2.24, 2.45) is 5.92 Å². The third-order valence-electron chi connectivity index (χ3n) is 3.16. The summed E-state index contributed by atoms with van der Waals surface area (Å²) in [5.41, 5.74) is -3.28. The fourth-order valence-corrected chi connectivity index (χ4v) is 1.71. The van der Waals surface area contributed by atoms with Crippen molar-refractivity contribution in [3.63, 3.8) is 0 Å². The fraction of sp³-hybridized carbons (Fsp3) is 0.833. The smallest absolute Gasteiger partial charge is 0.422 e. The van der Waals surface area contributed by atoms with Gasteiger partial charge >= 0.3 is 18.2 Å². The molecule has 0 aliphatic heterocycles. The van der Waals surface area contributed by atoms with E-state index < -0.39 is 23.7 Å². The zero-order valence-electron chi connectivity index (χ0n) is 11.6. The molecule has 5 nitrogen and oxygen atoms in total. The van der Waals surface area contributed by atoms with E-state index in [0.717, 1.165) is 12.8 Å². The van der Waals surface area contributed by atoms with E-state index in [1.54, 1.807) is 5.32 Å². The summed E-state index contributed by atoms with van der Waals surface area (Å²) in [6.45, 7) is 4.42. The second-order valence-electron chi connectivity index (χ2n) is 5.64. The van der Waals surface area contributed by atoms with Crippen molar-refractivity contribution >= 4 is 12.0 Å². The molecular weight excluding hydrogens is 277 g/mol. The third kappa shape index (κ3) is 3.55. The number of carboxylic acids is 1. The first-order valence-electron chi connectivity index (χ1n) is 6.38. The van der Waals surface area contributed by atoms with Gasteiger partial charge in [-0.05, 0) is 25.7 Å². The molecule has 116 valence electrons. The molecule has 0 radical (unpaired) electrons. The zero-order valence-corrected chi connectivity index (χ0v) is 11.6. The number of rotatable bonds is 5. The first-order chi connectivity index (χ1) is 8.99. The van der Waals surface area contributed by atoms with Gasteiger partial charge in [0.2, 0.25) is 5.54 Å². The maximum atomic E-state index is 12.8. The molecule has 1 rings (SSSR count). The highest BCUT2D eigenvalue weighted by molar-refractivity contribution is 5.87. The van der Waals surface area contributed by atoms with Crippen LogP contribution in [0.5, 0.6) is 0 Å². The Bertz CT molecular complexity index is 394. The van der Waals surface area contributed by atoms with E-state index in [0.29, 0.717) is 13.5 Å². The van der Waals surface area contributed by atoms with Crippen LogP contribution in [0.25, 0.3) is 0 Å². The Balaban J connectivity index is 2.87. The Morgan fingerprint density at radius 2 is 1.85 bits per heavy atom. The number of halogens is 3. The number of nitrogens with one attached hydrogen (secondary N) is 1. The van der Waals surface area contributed by atoms with Crippen molar-refractivity contribution in [1.29, 1.82) is 0 Å². The van der Waals surface area contributed by atoms with Crippen LogP contribution in [0.4, 0.5) is 18.0 Å². The maximum Gasteiger partial charge on any atom is 0.422 e. The van der Waals surface area contributed by atoms with Gasteiger partial charge in [0.25, 0.3) is 0 Å². The van der Waals surface area contributed by atoms with E-state index in [2.05, 4.69) is 0 Å². The van der Waals surface area contributed by atoms with Crippen LogP contribution in [-0.2, 0) is 4.79 Å². The minimum Gasteiger partial charge on any atom is -0.479 e. The Hall–Kier alpha value is -1.47. The summed E-state index contributed by atoms with van der Waals surface area (Å²) >= 11 is 0. The molecule has 0 saturated heterocycles. The van der Waals surface area contributed by atoms with Gasteiger partial charge in [-0.1, -0.05) is 13.8 Å². The van der Waals surface area contributed by atoms with Crippen molar-refractivity contribution in [2.45, 2.75) is 51.4 Å². The molecule has 1 aliphatic carbocycles. The molecule has 8 heteroatoms. The monoisotopic (exact) mass is 296 g/mol. The normalized spacial score (nSPS) is 18.6. The average Bonchev–Trinajstić information content (AvgIpc) is 3.07. The topological polar surface area (TPSA) is 69.6 Å². The highest BCUT2D eigenvalue weighted by Crippen LogP contribution is 2.32. The quantitative estimate of drug-likeness (QED) is 0.817. The van der Waals surface area contributed by atoms with Gasteiger partial charge in [-0.3, -0.25) is 0 Å². The molecule has 0 aromatic carbocycles. The summed E-state index contributed by atoms with van der Waals surface area (Å²) < 4.78 is 38.5. The van der Waals surface area contributed by atoms with Crippen molar-refractivity contribution in [3.05, 3.63) is 0 Å². The summed E-state index contributed by atoms with van der Waals surface area (Å²) in [5.74, 6) is -2.04. The maximum absolute atomic E-state index is 12.8. The summed E-state index contributed by atoms with van der Waals surface area (Å²) in [6, 6.07) is -1.08. The molecule has 2 N–H and O–H groups in total. The van der Waals surface area contributed by atoms with Crippen molar-refractivity contribution in [1.82, 2.24) is 10.2 Å². The van der Waals surface area contributed by atoms with Crippen molar-refractivity contribution in [2.75, 3.05) is 6.54 Å². The predicted octanol–water partition coefficient (Wildman–Crippen LogP) is 2.22.